The molecule has 0 spiro atoms. The van der Waals surface area contributed by atoms with Gasteiger partial charge < -0.3 is 15.4 Å². The van der Waals surface area contributed by atoms with Crippen molar-refractivity contribution in [3.05, 3.63) is 21.9 Å². The Morgan fingerprint density at radius 3 is 2.55 bits per heavy atom. The monoisotopic (exact) mass is 326 g/mol. The van der Waals surface area contributed by atoms with E-state index in [4.69, 9.17) is 4.74 Å². The maximum atomic E-state index is 11.7. The van der Waals surface area contributed by atoms with Crippen molar-refractivity contribution in [1.29, 1.82) is 0 Å². The minimum Gasteiger partial charge on any atom is -0.444 e. The molecule has 126 valence electrons. The van der Waals surface area contributed by atoms with Gasteiger partial charge in [0.25, 0.3) is 0 Å². The fourth-order valence-corrected chi connectivity index (χ4v) is 2.99. The highest BCUT2D eigenvalue weighted by atomic mass is 32.1. The van der Waals surface area contributed by atoms with Crippen molar-refractivity contribution in [3.63, 3.8) is 0 Å². The number of amides is 1. The third-order valence-corrected chi connectivity index (χ3v) is 4.66. The minimum atomic E-state index is -0.452. The Morgan fingerprint density at radius 2 is 2.00 bits per heavy atom. The van der Waals surface area contributed by atoms with Crippen LogP contribution in [0.3, 0.4) is 0 Å². The summed E-state index contributed by atoms with van der Waals surface area (Å²) >= 11 is 1.86. The van der Waals surface area contributed by atoms with Crippen LogP contribution in [-0.4, -0.2) is 24.3 Å². The van der Waals surface area contributed by atoms with Gasteiger partial charge in [-0.25, -0.2) is 4.79 Å². The summed E-state index contributed by atoms with van der Waals surface area (Å²) in [6.45, 7) is 12.8. The normalized spacial score (nSPS) is 14.5. The van der Waals surface area contributed by atoms with Gasteiger partial charge in [-0.1, -0.05) is 6.92 Å². The number of ether oxygens (including phenoxy) is 1. The molecule has 0 aliphatic heterocycles. The second-order valence-corrected chi connectivity index (χ2v) is 7.87. The van der Waals surface area contributed by atoms with Crippen LogP contribution in [0.5, 0.6) is 0 Å². The first-order chi connectivity index (χ1) is 10.2. The molecule has 22 heavy (non-hydrogen) atoms. The Hall–Kier alpha value is -1.07. The summed E-state index contributed by atoms with van der Waals surface area (Å²) in [7, 11) is 0. The van der Waals surface area contributed by atoms with E-state index in [1.54, 1.807) is 0 Å². The number of carbonyl (C=O) groups is 1. The number of rotatable bonds is 7. The highest BCUT2D eigenvalue weighted by Crippen LogP contribution is 2.23. The first-order valence-electron chi connectivity index (χ1n) is 8.02. The van der Waals surface area contributed by atoms with Crippen molar-refractivity contribution in [2.24, 2.45) is 0 Å². The summed E-state index contributed by atoms with van der Waals surface area (Å²) in [4.78, 5) is 14.5. The van der Waals surface area contributed by atoms with Crippen LogP contribution in [0.25, 0.3) is 0 Å². The Balaban J connectivity index is 2.26. The van der Waals surface area contributed by atoms with Crippen molar-refractivity contribution in [2.45, 2.75) is 72.1 Å². The molecule has 2 N–H and O–H groups in total. The number of carbonyl (C=O) groups excluding carboxylic acids is 1. The molecule has 1 amide bonds. The Morgan fingerprint density at radius 1 is 1.32 bits per heavy atom. The molecule has 0 aliphatic carbocycles. The van der Waals surface area contributed by atoms with Gasteiger partial charge in [0.15, 0.2) is 0 Å². The van der Waals surface area contributed by atoms with Crippen LogP contribution in [0.4, 0.5) is 4.79 Å². The molecule has 0 saturated carbocycles. The van der Waals surface area contributed by atoms with Crippen LogP contribution in [0.1, 0.15) is 63.8 Å². The van der Waals surface area contributed by atoms with Gasteiger partial charge in [0.2, 0.25) is 0 Å². The lowest BCUT2D eigenvalue weighted by molar-refractivity contribution is 0.0506. The molecular formula is C17H30N2O2S. The van der Waals surface area contributed by atoms with E-state index in [1.165, 1.54) is 9.75 Å². The molecule has 1 heterocycles. The molecule has 0 aliphatic rings. The van der Waals surface area contributed by atoms with E-state index in [0.717, 1.165) is 19.4 Å². The Labute approximate surface area is 138 Å². The zero-order chi connectivity index (χ0) is 16.8. The maximum absolute atomic E-state index is 11.7. The van der Waals surface area contributed by atoms with E-state index in [0.29, 0.717) is 6.04 Å². The third-order valence-electron chi connectivity index (χ3n) is 3.25. The highest BCUT2D eigenvalue weighted by Gasteiger charge is 2.17. The van der Waals surface area contributed by atoms with Gasteiger partial charge in [0, 0.05) is 21.8 Å². The number of hydrogen-bond donors (Lipinski definition) is 2. The molecule has 0 saturated heterocycles. The molecule has 0 fully saturated rings. The first-order valence-corrected chi connectivity index (χ1v) is 8.84. The van der Waals surface area contributed by atoms with Gasteiger partial charge in [-0.2, -0.15) is 0 Å². The molecular weight excluding hydrogens is 296 g/mol. The molecule has 0 radical (unpaired) electrons. The first kappa shape index (κ1) is 19.0. The van der Waals surface area contributed by atoms with Crippen molar-refractivity contribution < 1.29 is 9.53 Å². The lowest BCUT2D eigenvalue weighted by Gasteiger charge is -2.22. The standard InChI is InChI=1S/C17H30N2O2S/c1-7-14-8-9-15(22-14)13(3)18-11-10-12(2)19-16(20)21-17(4,5)6/h8-9,12-13,18H,7,10-11H2,1-6H3,(H,19,20). The molecule has 1 rings (SSSR count). The van der Waals surface area contributed by atoms with Crippen LogP contribution in [0.15, 0.2) is 12.1 Å². The van der Waals surface area contributed by atoms with E-state index >= 15 is 0 Å². The lowest BCUT2D eigenvalue weighted by atomic mass is 10.2. The predicted molar refractivity (Wildman–Crippen MR) is 93.6 cm³/mol. The van der Waals surface area contributed by atoms with Crippen LogP contribution in [-0.2, 0) is 11.2 Å². The molecule has 2 atom stereocenters. The number of nitrogens with one attached hydrogen (secondary N) is 2. The predicted octanol–water partition coefficient (Wildman–Crippen LogP) is 4.26. The largest absolute Gasteiger partial charge is 0.444 e. The molecule has 0 aromatic carbocycles. The summed E-state index contributed by atoms with van der Waals surface area (Å²) in [5.41, 5.74) is -0.452. The lowest BCUT2D eigenvalue weighted by Crippen LogP contribution is -2.39. The molecule has 5 heteroatoms. The maximum Gasteiger partial charge on any atom is 0.407 e. The average Bonchev–Trinajstić information content (AvgIpc) is 2.84. The van der Waals surface area contributed by atoms with Crippen molar-refractivity contribution in [1.82, 2.24) is 10.6 Å². The number of alkyl carbamates (subject to hydrolysis) is 1. The van der Waals surface area contributed by atoms with E-state index in [2.05, 4.69) is 36.6 Å². The Kier molecular flexibility index (Phi) is 7.36. The van der Waals surface area contributed by atoms with Crippen LogP contribution in [0.2, 0.25) is 0 Å². The van der Waals surface area contributed by atoms with Crippen molar-refractivity contribution >= 4 is 17.4 Å². The molecule has 1 aromatic heterocycles. The van der Waals surface area contributed by atoms with E-state index in [1.807, 2.05) is 39.0 Å². The van der Waals surface area contributed by atoms with Gasteiger partial charge in [0.05, 0.1) is 0 Å². The van der Waals surface area contributed by atoms with Gasteiger partial charge in [-0.05, 0) is 66.1 Å². The second-order valence-electron chi connectivity index (χ2n) is 6.67. The van der Waals surface area contributed by atoms with Gasteiger partial charge in [-0.15, -0.1) is 11.3 Å². The summed E-state index contributed by atoms with van der Waals surface area (Å²) in [5.74, 6) is 0. The Bertz CT molecular complexity index is 465. The fourth-order valence-electron chi connectivity index (χ4n) is 2.02. The summed E-state index contributed by atoms with van der Waals surface area (Å²) in [6.07, 6.45) is 1.61. The zero-order valence-electron chi connectivity index (χ0n) is 14.7. The van der Waals surface area contributed by atoms with Crippen LogP contribution < -0.4 is 10.6 Å². The SMILES string of the molecule is CCc1ccc(C(C)NCCC(C)NC(=O)OC(C)(C)C)s1. The number of thiophene rings is 1. The van der Waals surface area contributed by atoms with E-state index in [9.17, 15) is 4.79 Å². The zero-order valence-corrected chi connectivity index (χ0v) is 15.5. The quantitative estimate of drug-likeness (QED) is 0.787. The summed E-state index contributed by atoms with van der Waals surface area (Å²) < 4.78 is 5.25. The van der Waals surface area contributed by atoms with Crippen molar-refractivity contribution in [3.8, 4) is 0 Å². The van der Waals surface area contributed by atoms with Gasteiger partial charge in [0.1, 0.15) is 5.60 Å². The van der Waals surface area contributed by atoms with E-state index < -0.39 is 5.60 Å². The van der Waals surface area contributed by atoms with Crippen LogP contribution in [0, 0.1) is 0 Å². The van der Waals surface area contributed by atoms with Gasteiger partial charge >= 0.3 is 6.09 Å². The topological polar surface area (TPSA) is 50.4 Å². The third kappa shape index (κ3) is 7.27. The second kappa shape index (κ2) is 8.53. The molecule has 0 bridgehead atoms. The minimum absolute atomic E-state index is 0.0871. The average molecular weight is 327 g/mol. The van der Waals surface area contributed by atoms with E-state index in [-0.39, 0.29) is 12.1 Å². The van der Waals surface area contributed by atoms with Crippen molar-refractivity contribution in [2.75, 3.05) is 6.54 Å². The molecule has 1 aromatic rings. The number of aryl methyl sites for hydroxylation is 1. The fraction of sp³-hybridized carbons (Fsp3) is 0.706. The highest BCUT2D eigenvalue weighted by molar-refractivity contribution is 7.12. The summed E-state index contributed by atoms with van der Waals surface area (Å²) in [5, 5.41) is 6.37. The molecule has 2 unspecified atom stereocenters. The summed E-state index contributed by atoms with van der Waals surface area (Å²) in [6, 6.07) is 4.83. The smallest absolute Gasteiger partial charge is 0.407 e. The number of hydrogen-bond acceptors (Lipinski definition) is 4. The van der Waals surface area contributed by atoms with Crippen LogP contribution >= 0.6 is 11.3 Å². The van der Waals surface area contributed by atoms with Gasteiger partial charge in [-0.3, -0.25) is 0 Å². The molecule has 4 nitrogen and oxygen atoms in total.